The molecular weight excluding hydrogens is 361 g/mol. The number of benzene rings is 2. The number of carbonyl (C=O) groups excluding carboxylic acids is 2. The van der Waals surface area contributed by atoms with E-state index in [0.717, 1.165) is 11.1 Å². The lowest BCUT2D eigenvalue weighted by Gasteiger charge is -2.08. The van der Waals surface area contributed by atoms with Gasteiger partial charge in [-0.25, -0.2) is 5.43 Å². The van der Waals surface area contributed by atoms with E-state index in [-0.39, 0.29) is 24.7 Å². The normalized spacial score (nSPS) is 10.7. The largest absolute Gasteiger partial charge is 0.326 e. The van der Waals surface area contributed by atoms with Crippen molar-refractivity contribution in [1.29, 1.82) is 0 Å². The van der Waals surface area contributed by atoms with Crippen LogP contribution in [0.5, 0.6) is 0 Å². The van der Waals surface area contributed by atoms with Gasteiger partial charge in [0.2, 0.25) is 11.8 Å². The third-order valence-electron chi connectivity index (χ3n) is 3.33. The molecule has 2 amide bonds. The highest BCUT2D eigenvalue weighted by molar-refractivity contribution is 6.31. The second-order valence-electron chi connectivity index (χ2n) is 5.35. The van der Waals surface area contributed by atoms with Gasteiger partial charge in [0, 0.05) is 28.6 Å². The molecule has 0 saturated heterocycles. The number of amides is 2. The molecular formula is C18H17Cl2N3O2. The zero-order chi connectivity index (χ0) is 18.2. The molecule has 0 aliphatic carbocycles. The van der Waals surface area contributed by atoms with Gasteiger partial charge in [0.25, 0.3) is 0 Å². The Bertz CT molecular complexity index is 789. The Morgan fingerprint density at radius 2 is 1.64 bits per heavy atom. The van der Waals surface area contributed by atoms with Crippen LogP contribution in [-0.4, -0.2) is 18.0 Å². The molecule has 0 aliphatic rings. The van der Waals surface area contributed by atoms with Crippen molar-refractivity contribution in [2.45, 2.75) is 19.8 Å². The van der Waals surface area contributed by atoms with Crippen LogP contribution in [0.15, 0.2) is 47.6 Å². The number of nitrogens with one attached hydrogen (secondary N) is 2. The van der Waals surface area contributed by atoms with E-state index in [9.17, 15) is 9.59 Å². The molecule has 0 radical (unpaired) electrons. The summed E-state index contributed by atoms with van der Waals surface area (Å²) in [7, 11) is 0. The Kier molecular flexibility index (Phi) is 6.98. The fourth-order valence-electron chi connectivity index (χ4n) is 1.95. The van der Waals surface area contributed by atoms with E-state index in [2.05, 4.69) is 15.8 Å². The van der Waals surface area contributed by atoms with Crippen molar-refractivity contribution in [3.05, 3.63) is 63.6 Å². The summed E-state index contributed by atoms with van der Waals surface area (Å²) in [6, 6.07) is 12.2. The number of nitrogens with zero attached hydrogens (tertiary/aromatic N) is 1. The van der Waals surface area contributed by atoms with Crippen LogP contribution in [0.25, 0.3) is 0 Å². The first-order chi connectivity index (χ1) is 11.9. The van der Waals surface area contributed by atoms with Crippen molar-refractivity contribution in [3.8, 4) is 0 Å². The molecule has 0 atom stereocenters. The minimum absolute atomic E-state index is 0.0312. The van der Waals surface area contributed by atoms with Crippen molar-refractivity contribution in [1.82, 2.24) is 5.43 Å². The van der Waals surface area contributed by atoms with E-state index in [1.54, 1.807) is 36.4 Å². The molecule has 0 fully saturated rings. The summed E-state index contributed by atoms with van der Waals surface area (Å²) in [6.07, 6.45) is 1.58. The molecule has 130 valence electrons. The van der Waals surface area contributed by atoms with E-state index in [4.69, 9.17) is 23.2 Å². The third-order valence-corrected chi connectivity index (χ3v) is 3.81. The first-order valence-corrected chi connectivity index (χ1v) is 8.33. The van der Waals surface area contributed by atoms with E-state index in [0.29, 0.717) is 15.7 Å². The highest BCUT2D eigenvalue weighted by atomic mass is 35.5. The first-order valence-electron chi connectivity index (χ1n) is 7.57. The zero-order valence-corrected chi connectivity index (χ0v) is 15.1. The minimum atomic E-state index is -0.344. The summed E-state index contributed by atoms with van der Waals surface area (Å²) >= 11 is 11.7. The summed E-state index contributed by atoms with van der Waals surface area (Å²) in [5.74, 6) is -0.606. The molecule has 2 aromatic carbocycles. The molecule has 0 saturated carbocycles. The summed E-state index contributed by atoms with van der Waals surface area (Å²) in [6.45, 7) is 1.87. The molecule has 2 rings (SSSR count). The summed E-state index contributed by atoms with van der Waals surface area (Å²) in [5.41, 5.74) is 4.72. The first kappa shape index (κ1) is 19.0. The van der Waals surface area contributed by atoms with Crippen LogP contribution in [0.1, 0.15) is 24.0 Å². The third kappa shape index (κ3) is 6.57. The van der Waals surface area contributed by atoms with Crippen molar-refractivity contribution >= 4 is 46.9 Å². The number of carbonyl (C=O) groups is 2. The second-order valence-corrected chi connectivity index (χ2v) is 6.23. The molecule has 2 N–H and O–H groups in total. The molecule has 25 heavy (non-hydrogen) atoms. The average Bonchev–Trinajstić information content (AvgIpc) is 2.58. The van der Waals surface area contributed by atoms with E-state index >= 15 is 0 Å². The van der Waals surface area contributed by atoms with Crippen molar-refractivity contribution in [2.75, 3.05) is 5.32 Å². The lowest BCUT2D eigenvalue weighted by molar-refractivity contribution is -0.124. The van der Waals surface area contributed by atoms with Gasteiger partial charge in [-0.05, 0) is 42.3 Å². The molecule has 0 aromatic heterocycles. The van der Waals surface area contributed by atoms with Gasteiger partial charge in [0.1, 0.15) is 0 Å². The fourth-order valence-corrected chi connectivity index (χ4v) is 2.25. The molecule has 2 aromatic rings. The van der Waals surface area contributed by atoms with Crippen molar-refractivity contribution in [2.24, 2.45) is 5.10 Å². The van der Waals surface area contributed by atoms with Crippen LogP contribution >= 0.6 is 23.2 Å². The maximum absolute atomic E-state index is 11.9. The number of halogens is 2. The van der Waals surface area contributed by atoms with E-state index in [1.165, 1.54) is 6.21 Å². The Morgan fingerprint density at radius 3 is 2.36 bits per heavy atom. The number of hydrogen-bond donors (Lipinski definition) is 2. The molecule has 0 spiro atoms. The van der Waals surface area contributed by atoms with Crippen molar-refractivity contribution < 1.29 is 9.59 Å². The highest BCUT2D eigenvalue weighted by Gasteiger charge is 2.08. The van der Waals surface area contributed by atoms with Crippen LogP contribution in [0.4, 0.5) is 5.69 Å². The average molecular weight is 378 g/mol. The van der Waals surface area contributed by atoms with Gasteiger partial charge in [-0.1, -0.05) is 41.4 Å². The smallest absolute Gasteiger partial charge is 0.240 e. The number of anilines is 1. The molecule has 0 unspecified atom stereocenters. The SMILES string of the molecule is Cc1ccc(Cl)cc1NC(=O)CCC(=O)N/N=C\c1ccc(Cl)cc1. The molecule has 0 heterocycles. The number of rotatable bonds is 6. The fraction of sp³-hybridized carbons (Fsp3) is 0.167. The zero-order valence-electron chi connectivity index (χ0n) is 13.6. The Hall–Kier alpha value is -2.37. The van der Waals surface area contributed by atoms with Gasteiger partial charge in [0.15, 0.2) is 0 Å². The number of hydrazone groups is 1. The molecule has 0 bridgehead atoms. The standard InChI is InChI=1S/C18H17Cl2N3O2/c1-12-2-5-15(20)10-16(12)22-17(24)8-9-18(25)23-21-11-13-3-6-14(19)7-4-13/h2-7,10-11H,8-9H2,1H3,(H,22,24)(H,23,25)/b21-11-. The summed E-state index contributed by atoms with van der Waals surface area (Å²) in [5, 5.41) is 7.75. The molecule has 7 heteroatoms. The van der Waals surface area contributed by atoms with E-state index < -0.39 is 0 Å². The Morgan fingerprint density at radius 1 is 1.00 bits per heavy atom. The number of aryl methyl sites for hydroxylation is 1. The maximum atomic E-state index is 11.9. The van der Waals surface area contributed by atoms with Crippen molar-refractivity contribution in [3.63, 3.8) is 0 Å². The highest BCUT2D eigenvalue weighted by Crippen LogP contribution is 2.20. The van der Waals surface area contributed by atoms with Crippen LogP contribution in [-0.2, 0) is 9.59 Å². The van der Waals surface area contributed by atoms with Gasteiger partial charge in [-0.15, -0.1) is 0 Å². The lowest BCUT2D eigenvalue weighted by atomic mass is 10.2. The molecule has 0 aliphatic heterocycles. The van der Waals surface area contributed by atoms with Crippen LogP contribution in [0, 0.1) is 6.92 Å². The lowest BCUT2D eigenvalue weighted by Crippen LogP contribution is -2.20. The summed E-state index contributed by atoms with van der Waals surface area (Å²) < 4.78 is 0. The van der Waals surface area contributed by atoms with Gasteiger partial charge >= 0.3 is 0 Å². The quantitative estimate of drug-likeness (QED) is 0.585. The Labute approximate surface area is 156 Å². The predicted octanol–water partition coefficient (Wildman–Crippen LogP) is 4.17. The summed E-state index contributed by atoms with van der Waals surface area (Å²) in [4.78, 5) is 23.6. The van der Waals surface area contributed by atoms with Gasteiger partial charge in [-0.2, -0.15) is 5.10 Å². The Balaban J connectivity index is 1.76. The van der Waals surface area contributed by atoms with Gasteiger partial charge in [-0.3, -0.25) is 9.59 Å². The van der Waals surface area contributed by atoms with E-state index in [1.807, 2.05) is 13.0 Å². The van der Waals surface area contributed by atoms with Gasteiger partial charge in [0.05, 0.1) is 6.21 Å². The predicted molar refractivity (Wildman–Crippen MR) is 101 cm³/mol. The number of hydrogen-bond acceptors (Lipinski definition) is 3. The maximum Gasteiger partial charge on any atom is 0.240 e. The molecule has 5 nitrogen and oxygen atoms in total. The van der Waals surface area contributed by atoms with Crippen LogP contribution in [0.2, 0.25) is 10.0 Å². The second kappa shape index (κ2) is 9.20. The monoisotopic (exact) mass is 377 g/mol. The minimum Gasteiger partial charge on any atom is -0.326 e. The topological polar surface area (TPSA) is 70.6 Å². The van der Waals surface area contributed by atoms with Crippen LogP contribution in [0.3, 0.4) is 0 Å². The van der Waals surface area contributed by atoms with Crippen LogP contribution < -0.4 is 10.7 Å². The van der Waals surface area contributed by atoms with Gasteiger partial charge < -0.3 is 5.32 Å².